The molecule has 0 bridgehead atoms. The van der Waals surface area contributed by atoms with Crippen molar-refractivity contribution >= 4 is 54.8 Å². The molecule has 5 heteroatoms. The van der Waals surface area contributed by atoms with E-state index in [0.29, 0.717) is 33.9 Å². The Kier molecular flexibility index (Phi) is 6.50. The fourth-order valence-electron chi connectivity index (χ4n) is 7.63. The molecule has 0 unspecified atom stereocenters. The van der Waals surface area contributed by atoms with Gasteiger partial charge in [-0.3, -0.25) is 4.57 Å². The lowest BCUT2D eigenvalue weighted by Crippen LogP contribution is -2.10. The molecule has 3 heterocycles. The lowest BCUT2D eigenvalue weighted by molar-refractivity contribution is 0.411. The monoisotopic (exact) mass is 684 g/mol. The van der Waals surface area contributed by atoms with Gasteiger partial charge in [0, 0.05) is 25.7 Å². The molecule has 0 aliphatic heterocycles. The number of imidazole rings is 1. The Morgan fingerprint density at radius 1 is 0.692 bits per heavy atom. The Hall–Kier alpha value is -5.68. The van der Waals surface area contributed by atoms with Gasteiger partial charge in [-0.25, -0.2) is 9.97 Å². The molecular formula is C47H43N3O2. The molecule has 0 radical (unpaired) electrons. The number of nitrogens with zero attached hydrogens (tertiary/aromatic N) is 3. The maximum Gasteiger partial charge on any atom is 0.200 e. The van der Waals surface area contributed by atoms with Crippen LogP contribution in [0.25, 0.3) is 83.0 Å². The Morgan fingerprint density at radius 3 is 2.13 bits per heavy atom. The predicted molar refractivity (Wildman–Crippen MR) is 216 cm³/mol. The van der Waals surface area contributed by atoms with Gasteiger partial charge in [-0.15, -0.1) is 0 Å². The van der Waals surface area contributed by atoms with E-state index in [1.54, 1.807) is 6.07 Å². The number of rotatable bonds is 5. The topological polar surface area (TPSA) is 57.0 Å². The van der Waals surface area contributed by atoms with E-state index in [0.717, 1.165) is 44.0 Å². The van der Waals surface area contributed by atoms with Crippen molar-refractivity contribution in [2.45, 2.75) is 72.6 Å². The van der Waals surface area contributed by atoms with Crippen LogP contribution in [-0.4, -0.2) is 14.5 Å². The highest BCUT2D eigenvalue weighted by molar-refractivity contribution is 6.17. The summed E-state index contributed by atoms with van der Waals surface area (Å²) in [5, 5.41) is 3.10. The number of aromatic nitrogens is 3. The molecule has 5 nitrogen and oxygen atoms in total. The normalized spacial score (nSPS) is 13.7. The molecule has 0 saturated carbocycles. The van der Waals surface area contributed by atoms with E-state index < -0.39 is 6.85 Å². The number of benzene rings is 6. The molecule has 0 saturated heterocycles. The lowest BCUT2D eigenvalue weighted by Gasteiger charge is -2.24. The first-order valence-corrected chi connectivity index (χ1v) is 18.1. The zero-order chi connectivity index (χ0) is 38.6. The van der Waals surface area contributed by atoms with Crippen LogP contribution in [-0.2, 0) is 5.41 Å². The summed E-state index contributed by atoms with van der Waals surface area (Å²) in [5.41, 5.74) is 10.8. The number of oxazole rings is 1. The number of hydrogen-bond donors (Lipinski definition) is 0. The molecule has 0 atom stereocenters. The maximum atomic E-state index is 8.63. The smallest absolute Gasteiger partial charge is 0.200 e. The van der Waals surface area contributed by atoms with Gasteiger partial charge in [0.2, 0.25) is 5.89 Å². The third-order valence-corrected chi connectivity index (χ3v) is 10.3. The van der Waals surface area contributed by atoms with Gasteiger partial charge in [0.05, 0.1) is 22.3 Å². The van der Waals surface area contributed by atoms with Crippen LogP contribution in [0.5, 0.6) is 0 Å². The molecule has 0 fully saturated rings. The second-order valence-electron chi connectivity index (χ2n) is 15.7. The molecule has 0 aliphatic carbocycles. The van der Waals surface area contributed by atoms with Crippen molar-refractivity contribution in [2.24, 2.45) is 0 Å². The SMILES string of the molecule is [2H]C([2H])([2H])c1ccc(-c2nc3ccccc3n2-c2c(C(C)C)cc(-c3ccccc3)cc2C(C)C)c2oc3cc4c(ccc5oc(C(C)(C)C)nc54)cc3c12. The first-order chi connectivity index (χ1) is 26.2. The minimum atomic E-state index is -2.39. The number of furan rings is 1. The molecule has 6 aromatic carbocycles. The van der Waals surface area contributed by atoms with Gasteiger partial charge in [0.1, 0.15) is 22.5 Å². The first kappa shape index (κ1) is 29.0. The summed E-state index contributed by atoms with van der Waals surface area (Å²) in [5.74, 6) is 1.73. The van der Waals surface area contributed by atoms with E-state index in [9.17, 15) is 0 Å². The highest BCUT2D eigenvalue weighted by Crippen LogP contribution is 2.44. The average Bonchev–Trinajstić information content (AvgIpc) is 3.87. The molecule has 3 aromatic heterocycles. The Bertz CT molecular complexity index is 2930. The Labute approximate surface area is 308 Å². The van der Waals surface area contributed by atoms with Crippen molar-refractivity contribution in [2.75, 3.05) is 0 Å². The van der Waals surface area contributed by atoms with Crippen LogP contribution < -0.4 is 0 Å². The molecule has 258 valence electrons. The van der Waals surface area contributed by atoms with Gasteiger partial charge < -0.3 is 8.83 Å². The molecule has 52 heavy (non-hydrogen) atoms. The van der Waals surface area contributed by atoms with Gasteiger partial charge in [-0.1, -0.05) is 103 Å². The summed E-state index contributed by atoms with van der Waals surface area (Å²) in [6, 6.07) is 34.9. The first-order valence-electron chi connectivity index (χ1n) is 19.6. The fraction of sp³-hybridized carbons (Fsp3) is 0.234. The summed E-state index contributed by atoms with van der Waals surface area (Å²) in [6.07, 6.45) is 0. The molecule has 9 aromatic rings. The minimum absolute atomic E-state index is 0.189. The van der Waals surface area contributed by atoms with E-state index in [4.69, 9.17) is 22.9 Å². The number of fused-ring (bicyclic) bond motifs is 7. The van der Waals surface area contributed by atoms with Gasteiger partial charge >= 0.3 is 0 Å². The summed E-state index contributed by atoms with van der Waals surface area (Å²) in [7, 11) is 0. The summed E-state index contributed by atoms with van der Waals surface area (Å²) < 4.78 is 41.2. The molecule has 0 N–H and O–H groups in total. The van der Waals surface area contributed by atoms with Crippen LogP contribution in [0.3, 0.4) is 0 Å². The van der Waals surface area contributed by atoms with Gasteiger partial charge in [-0.2, -0.15) is 0 Å². The van der Waals surface area contributed by atoms with Gasteiger partial charge in [0.15, 0.2) is 5.58 Å². The maximum absolute atomic E-state index is 8.63. The summed E-state index contributed by atoms with van der Waals surface area (Å²) in [6.45, 7) is 12.8. The molecule has 0 spiro atoms. The fourth-order valence-corrected chi connectivity index (χ4v) is 7.63. The highest BCUT2D eigenvalue weighted by atomic mass is 16.3. The van der Waals surface area contributed by atoms with E-state index >= 15 is 0 Å². The molecular weight excluding hydrogens is 639 g/mol. The lowest BCUT2D eigenvalue weighted by atomic mass is 9.88. The van der Waals surface area contributed by atoms with Crippen molar-refractivity contribution in [3.8, 4) is 28.2 Å². The van der Waals surface area contributed by atoms with Crippen molar-refractivity contribution in [3.63, 3.8) is 0 Å². The van der Waals surface area contributed by atoms with Crippen LogP contribution in [0.15, 0.2) is 112 Å². The third-order valence-electron chi connectivity index (χ3n) is 10.3. The second-order valence-corrected chi connectivity index (χ2v) is 15.7. The van der Waals surface area contributed by atoms with Crippen LogP contribution >= 0.6 is 0 Å². The summed E-state index contributed by atoms with van der Waals surface area (Å²) >= 11 is 0. The Balaban J connectivity index is 1.38. The van der Waals surface area contributed by atoms with E-state index in [1.807, 2.05) is 54.6 Å². The standard InChI is InChI=1S/C47H43N3O2/c1-26(2)33-23-31(29-14-10-9-11-15-29)24-34(27(3)4)43(33)50-38-17-13-12-16-37(38)48-45(50)32-20-18-28(5)41-36-22-30-19-21-39-42(49-46(52-39)47(6,7)8)35(30)25-40(36)51-44(32)41/h9-27H,1-8H3/i5D3. The summed E-state index contributed by atoms with van der Waals surface area (Å²) in [4.78, 5) is 10.2. The zero-order valence-corrected chi connectivity index (χ0v) is 30.6. The van der Waals surface area contributed by atoms with Gasteiger partial charge in [0.25, 0.3) is 0 Å². The number of aryl methyl sites for hydroxylation is 1. The van der Waals surface area contributed by atoms with Crippen molar-refractivity contribution in [1.82, 2.24) is 14.5 Å². The van der Waals surface area contributed by atoms with Crippen molar-refractivity contribution in [1.29, 1.82) is 0 Å². The quantitative estimate of drug-likeness (QED) is 0.181. The predicted octanol–water partition coefficient (Wildman–Crippen LogP) is 13.4. The molecule has 0 aliphatic rings. The van der Waals surface area contributed by atoms with E-state index in [2.05, 4.69) is 95.5 Å². The van der Waals surface area contributed by atoms with Crippen LogP contribution in [0.1, 0.15) is 87.0 Å². The third kappa shape index (κ3) is 4.97. The Morgan fingerprint density at radius 2 is 1.42 bits per heavy atom. The van der Waals surface area contributed by atoms with Crippen LogP contribution in [0.4, 0.5) is 0 Å². The largest absolute Gasteiger partial charge is 0.455 e. The molecule has 0 amide bonds. The molecule has 9 rings (SSSR count). The van der Waals surface area contributed by atoms with Crippen molar-refractivity contribution in [3.05, 3.63) is 126 Å². The highest BCUT2D eigenvalue weighted by Gasteiger charge is 2.27. The van der Waals surface area contributed by atoms with Crippen LogP contribution in [0, 0.1) is 6.85 Å². The zero-order valence-electron chi connectivity index (χ0n) is 33.6. The minimum Gasteiger partial charge on any atom is -0.455 e. The second kappa shape index (κ2) is 11.7. The van der Waals surface area contributed by atoms with E-state index in [-0.39, 0.29) is 22.8 Å². The number of hydrogen-bond acceptors (Lipinski definition) is 4. The van der Waals surface area contributed by atoms with Crippen LogP contribution in [0.2, 0.25) is 0 Å². The van der Waals surface area contributed by atoms with Crippen molar-refractivity contribution < 1.29 is 12.9 Å². The number of para-hydroxylation sites is 2. The van der Waals surface area contributed by atoms with E-state index in [1.165, 1.54) is 22.3 Å². The average molecular weight is 685 g/mol. The van der Waals surface area contributed by atoms with Gasteiger partial charge in [-0.05, 0) is 100 Å².